The summed E-state index contributed by atoms with van der Waals surface area (Å²) in [5.41, 5.74) is 4.99. The van der Waals surface area contributed by atoms with Crippen molar-refractivity contribution in [3.8, 4) is 0 Å². The third-order valence-electron chi connectivity index (χ3n) is 3.13. The summed E-state index contributed by atoms with van der Waals surface area (Å²) in [6.45, 7) is 3.95. The lowest BCUT2D eigenvalue weighted by molar-refractivity contribution is 0.0940. The van der Waals surface area contributed by atoms with Gasteiger partial charge in [0.1, 0.15) is 11.0 Å². The lowest BCUT2D eigenvalue weighted by Crippen LogP contribution is -2.27. The Balaban J connectivity index is 2.13. The number of pyridine rings is 1. The van der Waals surface area contributed by atoms with E-state index in [1.54, 1.807) is 6.07 Å². The fourth-order valence-corrected chi connectivity index (χ4v) is 2.13. The Morgan fingerprint density at radius 2 is 1.95 bits per heavy atom. The molecule has 2 rings (SSSR count). The number of anilines is 1. The maximum Gasteiger partial charge on any atom is 0.251 e. The van der Waals surface area contributed by atoms with Crippen LogP contribution in [0.3, 0.4) is 0 Å². The first kappa shape index (κ1) is 15.3. The smallest absolute Gasteiger partial charge is 0.251 e. The van der Waals surface area contributed by atoms with Crippen LogP contribution in [-0.4, -0.2) is 10.9 Å². The molecular weight excluding hydrogens is 288 g/mol. The van der Waals surface area contributed by atoms with E-state index in [-0.39, 0.29) is 17.1 Å². The quantitative estimate of drug-likeness (QED) is 0.461. The van der Waals surface area contributed by atoms with E-state index in [1.807, 2.05) is 38.1 Å². The second kappa shape index (κ2) is 6.56. The molecule has 1 amide bonds. The number of carbonyl (C=O) groups excluding carboxylic acids is 1. The first-order chi connectivity index (χ1) is 9.99. The molecule has 1 atom stereocenters. The predicted octanol–water partition coefficient (Wildman–Crippen LogP) is 2.82. The summed E-state index contributed by atoms with van der Waals surface area (Å²) in [5, 5.41) is 3.12. The van der Waals surface area contributed by atoms with Gasteiger partial charge in [0, 0.05) is 5.56 Å². The number of benzene rings is 1. The standard InChI is InChI=1S/C15H17ClN4O/c1-9-3-5-11(6-4-9)10(2)18-15(21)12-7-13(16)19-14(8-12)20-17/h3-8,10H,17H2,1-2H3,(H,18,21)(H,19,20). The Labute approximate surface area is 128 Å². The van der Waals surface area contributed by atoms with Crippen molar-refractivity contribution in [1.82, 2.24) is 10.3 Å². The lowest BCUT2D eigenvalue weighted by Gasteiger charge is -2.15. The van der Waals surface area contributed by atoms with Gasteiger partial charge in [-0.3, -0.25) is 4.79 Å². The van der Waals surface area contributed by atoms with Gasteiger partial charge in [0.15, 0.2) is 0 Å². The van der Waals surface area contributed by atoms with Crippen LogP contribution in [0.4, 0.5) is 5.82 Å². The summed E-state index contributed by atoms with van der Waals surface area (Å²) in [6.07, 6.45) is 0. The van der Waals surface area contributed by atoms with Gasteiger partial charge in [0.2, 0.25) is 0 Å². The molecule has 2 aromatic rings. The molecule has 6 heteroatoms. The predicted molar refractivity (Wildman–Crippen MR) is 84.1 cm³/mol. The average Bonchev–Trinajstić information content (AvgIpc) is 2.47. The van der Waals surface area contributed by atoms with Gasteiger partial charge in [-0.15, -0.1) is 0 Å². The molecule has 1 heterocycles. The Bertz CT molecular complexity index is 643. The van der Waals surface area contributed by atoms with E-state index < -0.39 is 0 Å². The molecule has 1 aromatic heterocycles. The minimum absolute atomic E-state index is 0.112. The molecule has 0 saturated carbocycles. The topological polar surface area (TPSA) is 80.0 Å². The second-order valence-corrected chi connectivity index (χ2v) is 5.20. The Kier molecular flexibility index (Phi) is 4.77. The highest BCUT2D eigenvalue weighted by atomic mass is 35.5. The zero-order valence-electron chi connectivity index (χ0n) is 11.9. The summed E-state index contributed by atoms with van der Waals surface area (Å²) in [4.78, 5) is 16.2. The number of nitrogens with zero attached hydrogens (tertiary/aromatic N) is 1. The molecule has 4 N–H and O–H groups in total. The number of amides is 1. The van der Waals surface area contributed by atoms with Crippen LogP contribution in [0.1, 0.15) is 34.5 Å². The van der Waals surface area contributed by atoms with Gasteiger partial charge in [0.25, 0.3) is 5.91 Å². The summed E-state index contributed by atoms with van der Waals surface area (Å²) < 4.78 is 0. The van der Waals surface area contributed by atoms with E-state index in [9.17, 15) is 4.79 Å². The minimum Gasteiger partial charge on any atom is -0.346 e. The van der Waals surface area contributed by atoms with Gasteiger partial charge in [-0.2, -0.15) is 0 Å². The van der Waals surface area contributed by atoms with Crippen LogP contribution in [0, 0.1) is 6.92 Å². The highest BCUT2D eigenvalue weighted by Gasteiger charge is 2.13. The molecule has 1 unspecified atom stereocenters. The monoisotopic (exact) mass is 304 g/mol. The van der Waals surface area contributed by atoms with Crippen molar-refractivity contribution in [3.05, 3.63) is 58.2 Å². The summed E-state index contributed by atoms with van der Waals surface area (Å²) >= 11 is 5.86. The molecule has 0 saturated heterocycles. The minimum atomic E-state index is -0.233. The molecule has 0 aliphatic heterocycles. The fourth-order valence-electron chi connectivity index (χ4n) is 1.92. The fraction of sp³-hybridized carbons (Fsp3) is 0.200. The van der Waals surface area contributed by atoms with Gasteiger partial charge in [-0.05, 0) is 31.5 Å². The Morgan fingerprint density at radius 3 is 2.57 bits per heavy atom. The SMILES string of the molecule is Cc1ccc(C(C)NC(=O)c2cc(Cl)nc(NN)c2)cc1. The molecule has 0 radical (unpaired) electrons. The highest BCUT2D eigenvalue weighted by Crippen LogP contribution is 2.17. The first-order valence-electron chi connectivity index (χ1n) is 6.51. The molecule has 0 spiro atoms. The van der Waals surface area contributed by atoms with E-state index in [0.29, 0.717) is 11.4 Å². The van der Waals surface area contributed by atoms with Crippen molar-refractivity contribution in [2.24, 2.45) is 5.84 Å². The van der Waals surface area contributed by atoms with Gasteiger partial charge in [0.05, 0.1) is 6.04 Å². The van der Waals surface area contributed by atoms with Crippen LogP contribution in [0.5, 0.6) is 0 Å². The number of nitrogens with two attached hydrogens (primary N) is 1. The molecule has 0 bridgehead atoms. The van der Waals surface area contributed by atoms with Crippen molar-refractivity contribution in [3.63, 3.8) is 0 Å². The van der Waals surface area contributed by atoms with Crippen molar-refractivity contribution in [1.29, 1.82) is 0 Å². The van der Waals surface area contributed by atoms with Crippen molar-refractivity contribution in [2.75, 3.05) is 5.43 Å². The van der Waals surface area contributed by atoms with Crippen molar-refractivity contribution < 1.29 is 4.79 Å². The molecule has 110 valence electrons. The van der Waals surface area contributed by atoms with Crippen LogP contribution in [0.15, 0.2) is 36.4 Å². The number of nitrogens with one attached hydrogen (secondary N) is 2. The van der Waals surface area contributed by atoms with Gasteiger partial charge >= 0.3 is 0 Å². The van der Waals surface area contributed by atoms with Gasteiger partial charge < -0.3 is 10.7 Å². The number of hydrogen-bond acceptors (Lipinski definition) is 4. The summed E-state index contributed by atoms with van der Waals surface area (Å²) in [5.74, 6) is 5.40. The highest BCUT2D eigenvalue weighted by molar-refractivity contribution is 6.29. The maximum absolute atomic E-state index is 12.2. The van der Waals surface area contributed by atoms with Crippen molar-refractivity contribution in [2.45, 2.75) is 19.9 Å². The van der Waals surface area contributed by atoms with E-state index >= 15 is 0 Å². The number of carbonyl (C=O) groups is 1. The van der Waals surface area contributed by atoms with Crippen LogP contribution in [0.25, 0.3) is 0 Å². The lowest BCUT2D eigenvalue weighted by atomic mass is 10.1. The van der Waals surface area contributed by atoms with E-state index in [4.69, 9.17) is 17.4 Å². The molecule has 0 aliphatic rings. The third kappa shape index (κ3) is 3.93. The van der Waals surface area contributed by atoms with Gasteiger partial charge in [-0.1, -0.05) is 41.4 Å². The zero-order valence-corrected chi connectivity index (χ0v) is 12.6. The van der Waals surface area contributed by atoms with Crippen LogP contribution in [-0.2, 0) is 0 Å². The average molecular weight is 305 g/mol. The van der Waals surface area contributed by atoms with E-state index in [2.05, 4.69) is 15.7 Å². The second-order valence-electron chi connectivity index (χ2n) is 4.81. The summed E-state index contributed by atoms with van der Waals surface area (Å²) in [7, 11) is 0. The number of halogens is 1. The van der Waals surface area contributed by atoms with Crippen molar-refractivity contribution >= 4 is 23.3 Å². The first-order valence-corrected chi connectivity index (χ1v) is 6.89. The number of aryl methyl sites for hydroxylation is 1. The van der Waals surface area contributed by atoms with Crippen LogP contribution >= 0.6 is 11.6 Å². The molecule has 1 aromatic carbocycles. The molecule has 0 fully saturated rings. The largest absolute Gasteiger partial charge is 0.346 e. The van der Waals surface area contributed by atoms with Crippen LogP contribution < -0.4 is 16.6 Å². The molecule has 5 nitrogen and oxygen atoms in total. The number of hydrogen-bond donors (Lipinski definition) is 3. The summed E-state index contributed by atoms with van der Waals surface area (Å²) in [6, 6.07) is 10.9. The molecular formula is C15H17ClN4O. The number of aromatic nitrogens is 1. The van der Waals surface area contributed by atoms with Gasteiger partial charge in [-0.25, -0.2) is 10.8 Å². The zero-order chi connectivity index (χ0) is 15.4. The van der Waals surface area contributed by atoms with E-state index in [1.165, 1.54) is 11.6 Å². The normalized spacial score (nSPS) is 11.8. The molecule has 21 heavy (non-hydrogen) atoms. The maximum atomic E-state index is 12.2. The number of rotatable bonds is 4. The Morgan fingerprint density at radius 1 is 1.29 bits per heavy atom. The number of nitrogen functional groups attached to an aromatic ring is 1. The third-order valence-corrected chi connectivity index (χ3v) is 3.32. The number of hydrazine groups is 1. The molecule has 0 aliphatic carbocycles. The Hall–Kier alpha value is -2.11. The van der Waals surface area contributed by atoms with Crippen LogP contribution in [0.2, 0.25) is 5.15 Å². The van der Waals surface area contributed by atoms with E-state index in [0.717, 1.165) is 5.56 Å².